The van der Waals surface area contributed by atoms with E-state index in [4.69, 9.17) is 4.74 Å². The molecular weight excluding hydrogens is 328 g/mol. The van der Waals surface area contributed by atoms with Crippen LogP contribution in [0.15, 0.2) is 65.6 Å². The number of morpholine rings is 1. The molecule has 1 N–H and O–H groups in total. The van der Waals surface area contributed by atoms with Gasteiger partial charge in [0.05, 0.1) is 18.3 Å². The molecule has 0 saturated carbocycles. The molecule has 0 spiro atoms. The van der Waals surface area contributed by atoms with Crippen molar-refractivity contribution < 1.29 is 9.53 Å². The average molecular weight is 348 g/mol. The topological polar surface area (TPSA) is 62.4 Å². The molecule has 0 radical (unpaired) electrons. The van der Waals surface area contributed by atoms with E-state index in [1.165, 1.54) is 28.6 Å². The molecule has 1 aromatic heterocycles. The Kier molecular flexibility index (Phi) is 4.54. The van der Waals surface area contributed by atoms with Crippen molar-refractivity contribution in [2.24, 2.45) is 0 Å². The molecule has 5 nitrogen and oxygen atoms in total. The smallest absolute Gasteiger partial charge is 0.255 e. The van der Waals surface area contributed by atoms with E-state index < -0.39 is 0 Å². The van der Waals surface area contributed by atoms with E-state index in [9.17, 15) is 9.59 Å². The van der Waals surface area contributed by atoms with Crippen LogP contribution in [0.25, 0.3) is 10.8 Å². The number of aromatic nitrogens is 1. The lowest BCUT2D eigenvalue weighted by molar-refractivity contribution is -0.0207. The summed E-state index contributed by atoms with van der Waals surface area (Å²) in [7, 11) is 0. The number of ether oxygens (including phenoxy) is 1. The van der Waals surface area contributed by atoms with Crippen molar-refractivity contribution >= 4 is 16.7 Å². The van der Waals surface area contributed by atoms with Gasteiger partial charge in [-0.05, 0) is 22.4 Å². The number of aromatic amines is 1. The highest BCUT2D eigenvalue weighted by Crippen LogP contribution is 2.22. The molecule has 3 aromatic rings. The number of carbonyl (C=O) groups is 1. The fourth-order valence-corrected chi connectivity index (χ4v) is 3.47. The van der Waals surface area contributed by atoms with Gasteiger partial charge in [0.2, 0.25) is 5.56 Å². The van der Waals surface area contributed by atoms with Gasteiger partial charge in [0.15, 0.2) is 0 Å². The molecule has 0 aliphatic carbocycles. The monoisotopic (exact) mass is 348 g/mol. The molecule has 1 unspecified atom stereocenters. The van der Waals surface area contributed by atoms with Crippen LogP contribution in [0.5, 0.6) is 0 Å². The Hall–Kier alpha value is -2.92. The zero-order chi connectivity index (χ0) is 17.9. The first-order valence-electron chi connectivity index (χ1n) is 8.77. The molecule has 0 bridgehead atoms. The molecule has 1 saturated heterocycles. The second kappa shape index (κ2) is 7.14. The fourth-order valence-electron chi connectivity index (χ4n) is 3.47. The van der Waals surface area contributed by atoms with Gasteiger partial charge in [-0.2, -0.15) is 0 Å². The minimum atomic E-state index is -0.211. The van der Waals surface area contributed by atoms with Gasteiger partial charge in [-0.25, -0.2) is 0 Å². The number of hydrogen-bond acceptors (Lipinski definition) is 3. The maximum absolute atomic E-state index is 12.7. The van der Waals surface area contributed by atoms with Gasteiger partial charge in [-0.3, -0.25) is 9.59 Å². The van der Waals surface area contributed by atoms with Crippen LogP contribution >= 0.6 is 0 Å². The van der Waals surface area contributed by atoms with Gasteiger partial charge in [0, 0.05) is 31.8 Å². The molecule has 1 aliphatic rings. The second-order valence-corrected chi connectivity index (χ2v) is 6.53. The molecule has 1 atom stereocenters. The summed E-state index contributed by atoms with van der Waals surface area (Å²) < 4.78 is 5.91. The quantitative estimate of drug-likeness (QED) is 0.791. The summed E-state index contributed by atoms with van der Waals surface area (Å²) >= 11 is 0. The van der Waals surface area contributed by atoms with Crippen LogP contribution in [0, 0.1) is 0 Å². The van der Waals surface area contributed by atoms with Crippen molar-refractivity contribution in [1.29, 1.82) is 0 Å². The molecule has 1 aliphatic heterocycles. The van der Waals surface area contributed by atoms with Crippen LogP contribution < -0.4 is 5.56 Å². The van der Waals surface area contributed by atoms with E-state index in [2.05, 4.69) is 35.3 Å². The first-order valence-corrected chi connectivity index (χ1v) is 8.77. The number of hydrogen-bond donors (Lipinski definition) is 1. The Morgan fingerprint density at radius 3 is 2.81 bits per heavy atom. The summed E-state index contributed by atoms with van der Waals surface area (Å²) in [5.74, 6) is -0.0764. The zero-order valence-electron chi connectivity index (χ0n) is 14.4. The Balaban J connectivity index is 1.50. The van der Waals surface area contributed by atoms with Crippen LogP contribution in [0.2, 0.25) is 0 Å². The summed E-state index contributed by atoms with van der Waals surface area (Å²) in [6, 6.07) is 17.5. The fraction of sp³-hybridized carbons (Fsp3) is 0.238. The van der Waals surface area contributed by atoms with Crippen molar-refractivity contribution in [2.75, 3.05) is 19.7 Å². The summed E-state index contributed by atoms with van der Waals surface area (Å²) in [5, 5.41) is 2.43. The summed E-state index contributed by atoms with van der Waals surface area (Å²) in [5.41, 5.74) is 1.51. The first kappa shape index (κ1) is 16.5. The third-order valence-electron chi connectivity index (χ3n) is 4.78. The van der Waals surface area contributed by atoms with Crippen LogP contribution in [-0.2, 0) is 11.2 Å². The predicted octanol–water partition coefficient (Wildman–Crippen LogP) is 2.61. The number of rotatable bonds is 3. The van der Waals surface area contributed by atoms with E-state index >= 15 is 0 Å². The third kappa shape index (κ3) is 3.39. The van der Waals surface area contributed by atoms with Crippen molar-refractivity contribution in [3.05, 3.63) is 82.3 Å². The van der Waals surface area contributed by atoms with Gasteiger partial charge in [-0.1, -0.05) is 42.5 Å². The average Bonchev–Trinajstić information content (AvgIpc) is 2.69. The van der Waals surface area contributed by atoms with Crippen LogP contribution in [0.1, 0.15) is 15.9 Å². The van der Waals surface area contributed by atoms with Crippen molar-refractivity contribution in [3.8, 4) is 0 Å². The highest BCUT2D eigenvalue weighted by molar-refractivity contribution is 5.94. The number of H-pyrrole nitrogens is 1. The van der Waals surface area contributed by atoms with Crippen LogP contribution in [0.3, 0.4) is 0 Å². The standard InChI is InChI=1S/C21H20N2O3/c24-20-9-8-17(13-22-20)21(25)23-10-11-26-18(14-23)12-16-6-3-5-15-4-1-2-7-19(15)16/h1-9,13,18H,10-12,14H2,(H,22,24). The minimum Gasteiger partial charge on any atom is -0.374 e. The second-order valence-electron chi connectivity index (χ2n) is 6.53. The molecular formula is C21H20N2O3. The summed E-state index contributed by atoms with van der Waals surface area (Å²) in [6.45, 7) is 1.62. The molecule has 1 fully saturated rings. The van der Waals surface area contributed by atoms with Gasteiger partial charge < -0.3 is 14.6 Å². The first-order chi connectivity index (χ1) is 12.7. The number of carbonyl (C=O) groups excluding carboxylic acids is 1. The van der Waals surface area contributed by atoms with Gasteiger partial charge in [0.25, 0.3) is 5.91 Å². The Bertz CT molecular complexity index is 970. The number of nitrogens with one attached hydrogen (secondary N) is 1. The van der Waals surface area contributed by atoms with E-state index in [-0.39, 0.29) is 17.6 Å². The minimum absolute atomic E-state index is 0.0405. The van der Waals surface area contributed by atoms with E-state index in [0.29, 0.717) is 25.3 Å². The number of benzene rings is 2. The normalized spacial score (nSPS) is 17.4. The number of nitrogens with zero attached hydrogens (tertiary/aromatic N) is 1. The molecule has 4 rings (SSSR count). The molecule has 1 amide bonds. The predicted molar refractivity (Wildman–Crippen MR) is 100 cm³/mol. The molecule has 132 valence electrons. The SMILES string of the molecule is O=C(c1ccc(=O)[nH]c1)N1CCOC(Cc2cccc3ccccc23)C1. The van der Waals surface area contributed by atoms with E-state index in [1.807, 2.05) is 12.1 Å². The molecule has 2 aromatic carbocycles. The Morgan fingerprint density at radius 1 is 1.12 bits per heavy atom. The van der Waals surface area contributed by atoms with Gasteiger partial charge in [0.1, 0.15) is 0 Å². The Labute approximate surface area is 151 Å². The summed E-state index contributed by atoms with van der Waals surface area (Å²) in [4.78, 5) is 28.2. The lowest BCUT2D eigenvalue weighted by atomic mass is 9.99. The third-order valence-corrected chi connectivity index (χ3v) is 4.78. The lowest BCUT2D eigenvalue weighted by Crippen LogP contribution is -2.46. The van der Waals surface area contributed by atoms with Gasteiger partial charge >= 0.3 is 0 Å². The lowest BCUT2D eigenvalue weighted by Gasteiger charge is -2.33. The molecule has 26 heavy (non-hydrogen) atoms. The van der Waals surface area contributed by atoms with E-state index in [0.717, 1.165) is 6.42 Å². The highest BCUT2D eigenvalue weighted by Gasteiger charge is 2.25. The highest BCUT2D eigenvalue weighted by atomic mass is 16.5. The summed E-state index contributed by atoms with van der Waals surface area (Å²) in [6.07, 6.45) is 2.19. The largest absolute Gasteiger partial charge is 0.374 e. The van der Waals surface area contributed by atoms with Crippen molar-refractivity contribution in [1.82, 2.24) is 9.88 Å². The van der Waals surface area contributed by atoms with Crippen molar-refractivity contribution in [3.63, 3.8) is 0 Å². The maximum Gasteiger partial charge on any atom is 0.255 e. The van der Waals surface area contributed by atoms with Crippen LogP contribution in [-0.4, -0.2) is 41.6 Å². The number of amides is 1. The Morgan fingerprint density at radius 2 is 1.96 bits per heavy atom. The molecule has 5 heteroatoms. The van der Waals surface area contributed by atoms with Gasteiger partial charge in [-0.15, -0.1) is 0 Å². The zero-order valence-corrected chi connectivity index (χ0v) is 14.4. The van der Waals surface area contributed by atoms with Crippen LogP contribution in [0.4, 0.5) is 0 Å². The maximum atomic E-state index is 12.7. The number of fused-ring (bicyclic) bond motifs is 1. The van der Waals surface area contributed by atoms with E-state index in [1.54, 1.807) is 11.0 Å². The van der Waals surface area contributed by atoms with Crippen molar-refractivity contribution in [2.45, 2.75) is 12.5 Å². The number of pyridine rings is 1. The molecule has 2 heterocycles.